The van der Waals surface area contributed by atoms with Crippen molar-refractivity contribution in [1.82, 2.24) is 19.7 Å². The van der Waals surface area contributed by atoms with E-state index >= 15 is 0 Å². The van der Waals surface area contributed by atoms with Crippen LogP contribution in [-0.4, -0.2) is 26.9 Å². The van der Waals surface area contributed by atoms with Crippen LogP contribution in [-0.2, 0) is 30.4 Å². The largest absolute Gasteiger partial charge is 0.416 e. The van der Waals surface area contributed by atoms with Crippen LogP contribution in [0.3, 0.4) is 0 Å². The fourth-order valence-corrected chi connectivity index (χ4v) is 2.54. The fourth-order valence-electron chi connectivity index (χ4n) is 2.54. The first kappa shape index (κ1) is 18.1. The van der Waals surface area contributed by atoms with Gasteiger partial charge >= 0.3 is 6.18 Å². The number of hydrogen-bond acceptors (Lipinski definition) is 4. The number of hydrogen-bond donors (Lipinski definition) is 0. The van der Waals surface area contributed by atoms with Crippen molar-refractivity contribution in [3.05, 3.63) is 71.6 Å². The fraction of sp³-hybridized carbons (Fsp3) is 0.278. The first-order chi connectivity index (χ1) is 12.5. The van der Waals surface area contributed by atoms with Crippen LogP contribution in [0.4, 0.5) is 13.2 Å². The van der Waals surface area contributed by atoms with Gasteiger partial charge in [0.25, 0.3) is 0 Å². The van der Waals surface area contributed by atoms with Gasteiger partial charge in [0.05, 0.1) is 11.3 Å². The molecule has 1 aromatic carbocycles. The summed E-state index contributed by atoms with van der Waals surface area (Å²) in [7, 11) is 1.54. The number of pyridine rings is 1. The highest BCUT2D eigenvalue weighted by atomic mass is 19.4. The molecule has 0 aliphatic carbocycles. The van der Waals surface area contributed by atoms with Crippen LogP contribution in [0.25, 0.3) is 5.69 Å². The van der Waals surface area contributed by atoms with E-state index in [0.29, 0.717) is 30.2 Å². The van der Waals surface area contributed by atoms with Crippen molar-refractivity contribution in [1.29, 1.82) is 0 Å². The van der Waals surface area contributed by atoms with E-state index in [1.807, 2.05) is 12.1 Å². The third-order valence-electron chi connectivity index (χ3n) is 3.79. The topological polar surface area (TPSA) is 52.8 Å². The molecule has 0 radical (unpaired) electrons. The van der Waals surface area contributed by atoms with Gasteiger partial charge < -0.3 is 4.74 Å². The first-order valence-electron chi connectivity index (χ1n) is 7.97. The van der Waals surface area contributed by atoms with Crippen LogP contribution in [0.5, 0.6) is 0 Å². The quantitative estimate of drug-likeness (QED) is 0.672. The Labute approximate surface area is 148 Å². The van der Waals surface area contributed by atoms with Crippen molar-refractivity contribution in [2.24, 2.45) is 0 Å². The molecular weight excluding hydrogens is 345 g/mol. The molecule has 5 nitrogen and oxygen atoms in total. The van der Waals surface area contributed by atoms with Gasteiger partial charge in [0.15, 0.2) is 5.82 Å². The number of nitrogens with zero attached hydrogens (tertiary/aromatic N) is 4. The Hall–Kier alpha value is -2.74. The second kappa shape index (κ2) is 7.65. The SMILES string of the molecule is COCc1nc(CCc2cccnc2)n(-c2ccc(C(F)(F)F)cc2)n1. The van der Waals surface area contributed by atoms with Crippen molar-refractivity contribution >= 4 is 0 Å². The molecule has 2 heterocycles. The van der Waals surface area contributed by atoms with Crippen molar-refractivity contribution in [2.45, 2.75) is 25.6 Å². The molecule has 0 fully saturated rings. The van der Waals surface area contributed by atoms with Crippen LogP contribution in [0.1, 0.15) is 22.8 Å². The predicted molar refractivity (Wildman–Crippen MR) is 88.7 cm³/mol. The molecule has 0 aliphatic heterocycles. The average molecular weight is 362 g/mol. The maximum absolute atomic E-state index is 12.8. The normalized spacial score (nSPS) is 11.7. The van der Waals surface area contributed by atoms with E-state index in [-0.39, 0.29) is 6.61 Å². The summed E-state index contributed by atoms with van der Waals surface area (Å²) in [5.74, 6) is 1.13. The molecule has 136 valence electrons. The van der Waals surface area contributed by atoms with Gasteiger partial charge in [0, 0.05) is 25.9 Å². The third-order valence-corrected chi connectivity index (χ3v) is 3.79. The summed E-state index contributed by atoms with van der Waals surface area (Å²) in [5.41, 5.74) is 0.868. The Balaban J connectivity index is 1.87. The highest BCUT2D eigenvalue weighted by Crippen LogP contribution is 2.29. The number of methoxy groups -OCH3 is 1. The molecule has 2 aromatic heterocycles. The molecule has 0 bridgehead atoms. The average Bonchev–Trinajstić information content (AvgIpc) is 3.03. The van der Waals surface area contributed by atoms with Crippen molar-refractivity contribution in [3.63, 3.8) is 0 Å². The summed E-state index contributed by atoms with van der Waals surface area (Å²) in [6.07, 6.45) is 0.369. The van der Waals surface area contributed by atoms with Crippen molar-refractivity contribution in [2.75, 3.05) is 7.11 Å². The zero-order chi connectivity index (χ0) is 18.6. The van der Waals surface area contributed by atoms with Crippen LogP contribution in [0.2, 0.25) is 0 Å². The number of aryl methyl sites for hydroxylation is 2. The van der Waals surface area contributed by atoms with Crippen LogP contribution < -0.4 is 0 Å². The summed E-state index contributed by atoms with van der Waals surface area (Å²) in [4.78, 5) is 8.52. The Bertz CT molecular complexity index is 845. The lowest BCUT2D eigenvalue weighted by molar-refractivity contribution is -0.137. The van der Waals surface area contributed by atoms with Gasteiger partial charge in [-0.05, 0) is 42.3 Å². The predicted octanol–water partition coefficient (Wildman–Crippen LogP) is 3.61. The minimum atomic E-state index is -4.37. The summed E-state index contributed by atoms with van der Waals surface area (Å²) in [6.45, 7) is 0.230. The van der Waals surface area contributed by atoms with Crippen LogP contribution >= 0.6 is 0 Å². The van der Waals surface area contributed by atoms with E-state index in [1.165, 1.54) is 19.2 Å². The summed E-state index contributed by atoms with van der Waals surface area (Å²) in [6, 6.07) is 8.67. The molecular formula is C18H17F3N4O. The Morgan fingerprint density at radius 1 is 1.08 bits per heavy atom. The first-order valence-corrected chi connectivity index (χ1v) is 7.97. The minimum Gasteiger partial charge on any atom is -0.377 e. The second-order valence-electron chi connectivity index (χ2n) is 5.69. The van der Waals surface area contributed by atoms with E-state index < -0.39 is 11.7 Å². The third kappa shape index (κ3) is 4.26. The number of benzene rings is 1. The maximum Gasteiger partial charge on any atom is 0.416 e. The zero-order valence-corrected chi connectivity index (χ0v) is 14.1. The summed E-state index contributed by atoms with van der Waals surface area (Å²) < 4.78 is 44.9. The molecule has 0 unspecified atom stereocenters. The van der Waals surface area contributed by atoms with Crippen molar-refractivity contribution < 1.29 is 17.9 Å². The number of aromatic nitrogens is 4. The lowest BCUT2D eigenvalue weighted by atomic mass is 10.1. The van der Waals surface area contributed by atoms with Gasteiger partial charge in [-0.1, -0.05) is 6.07 Å². The lowest BCUT2D eigenvalue weighted by Crippen LogP contribution is -2.07. The number of ether oxygens (including phenoxy) is 1. The molecule has 26 heavy (non-hydrogen) atoms. The number of halogens is 3. The van der Waals surface area contributed by atoms with Gasteiger partial charge in [0.2, 0.25) is 0 Å². The minimum absolute atomic E-state index is 0.230. The second-order valence-corrected chi connectivity index (χ2v) is 5.69. The van der Waals surface area contributed by atoms with Crippen LogP contribution in [0.15, 0.2) is 48.8 Å². The molecule has 8 heteroatoms. The molecule has 3 aromatic rings. The zero-order valence-electron chi connectivity index (χ0n) is 14.1. The van der Waals surface area contributed by atoms with Gasteiger partial charge in [-0.2, -0.15) is 13.2 Å². The lowest BCUT2D eigenvalue weighted by Gasteiger charge is -2.09. The highest BCUT2D eigenvalue weighted by molar-refractivity contribution is 5.36. The summed E-state index contributed by atoms with van der Waals surface area (Å²) >= 11 is 0. The van der Waals surface area contributed by atoms with E-state index in [4.69, 9.17) is 4.74 Å². The molecule has 0 aliphatic rings. The van der Waals surface area contributed by atoms with Crippen molar-refractivity contribution in [3.8, 4) is 5.69 Å². The van der Waals surface area contributed by atoms with Crippen LogP contribution in [0, 0.1) is 0 Å². The van der Waals surface area contributed by atoms with E-state index in [9.17, 15) is 13.2 Å². The monoisotopic (exact) mass is 362 g/mol. The standard InChI is InChI=1S/C18H17F3N4O/c1-26-12-16-23-17(9-4-13-3-2-10-22-11-13)25(24-16)15-7-5-14(6-8-15)18(19,20)21/h2-3,5-8,10-11H,4,9,12H2,1H3. The Morgan fingerprint density at radius 3 is 2.46 bits per heavy atom. The van der Waals surface area contributed by atoms with Gasteiger partial charge in [0.1, 0.15) is 12.4 Å². The molecule has 0 atom stereocenters. The summed E-state index contributed by atoms with van der Waals surface area (Å²) in [5, 5.41) is 4.36. The number of alkyl halides is 3. The molecule has 3 rings (SSSR count). The van der Waals surface area contributed by atoms with E-state index in [0.717, 1.165) is 17.7 Å². The number of rotatable bonds is 6. The van der Waals surface area contributed by atoms with Gasteiger partial charge in [-0.15, -0.1) is 5.10 Å². The Morgan fingerprint density at radius 2 is 1.85 bits per heavy atom. The van der Waals surface area contributed by atoms with Gasteiger partial charge in [-0.3, -0.25) is 4.98 Å². The maximum atomic E-state index is 12.8. The Kier molecular flexibility index (Phi) is 5.32. The molecule has 0 N–H and O–H groups in total. The molecule has 0 saturated heterocycles. The van der Waals surface area contributed by atoms with E-state index in [2.05, 4.69) is 15.1 Å². The molecule has 0 amide bonds. The smallest absolute Gasteiger partial charge is 0.377 e. The molecule has 0 spiro atoms. The molecule has 0 saturated carbocycles. The highest BCUT2D eigenvalue weighted by Gasteiger charge is 2.30. The van der Waals surface area contributed by atoms with Gasteiger partial charge in [-0.25, -0.2) is 9.67 Å². The van der Waals surface area contributed by atoms with E-state index in [1.54, 1.807) is 17.1 Å².